The molecule has 1 heterocycles. The first-order valence-electron chi connectivity index (χ1n) is 5.89. The number of rotatable bonds is 4. The third-order valence-corrected chi connectivity index (χ3v) is 3.46. The van der Waals surface area contributed by atoms with Crippen molar-refractivity contribution in [1.29, 1.82) is 0 Å². The molecule has 0 bridgehead atoms. The van der Waals surface area contributed by atoms with Crippen LogP contribution in [0.5, 0.6) is 0 Å². The molecule has 0 saturated heterocycles. The molecule has 2 nitrogen and oxygen atoms in total. The van der Waals surface area contributed by atoms with Crippen LogP contribution in [0.2, 0.25) is 0 Å². The number of hydrogen-bond donors (Lipinski definition) is 0. The van der Waals surface area contributed by atoms with Gasteiger partial charge in [0.25, 0.3) is 5.91 Å². The van der Waals surface area contributed by atoms with Gasteiger partial charge < -0.3 is 4.90 Å². The van der Waals surface area contributed by atoms with Gasteiger partial charge in [-0.3, -0.25) is 4.79 Å². The molecule has 0 atom stereocenters. The Bertz CT molecular complexity index is 552. The largest absolute Gasteiger partial charge is 0.406 e. The molecule has 1 aromatic carbocycles. The lowest BCUT2D eigenvalue weighted by Crippen LogP contribution is -2.38. The standard InChI is InChI=1S/C14H12F3NOS/c15-14(16,17)10-18(9-11-5-2-1-3-6-11)13(19)12-7-4-8-20-12/h1-8H,9-10H2. The monoisotopic (exact) mass is 299 g/mol. The average Bonchev–Trinajstić information content (AvgIpc) is 2.90. The molecule has 0 N–H and O–H groups in total. The Morgan fingerprint density at radius 1 is 1.10 bits per heavy atom. The second-order valence-corrected chi connectivity index (χ2v) is 5.19. The van der Waals surface area contributed by atoms with E-state index in [1.807, 2.05) is 0 Å². The third kappa shape index (κ3) is 4.09. The topological polar surface area (TPSA) is 20.3 Å². The molecule has 6 heteroatoms. The number of nitrogens with zero attached hydrogens (tertiary/aromatic N) is 1. The molecule has 1 aromatic heterocycles. The van der Waals surface area contributed by atoms with Gasteiger partial charge in [0.05, 0.1) is 4.88 Å². The summed E-state index contributed by atoms with van der Waals surface area (Å²) in [6.07, 6.45) is -4.41. The van der Waals surface area contributed by atoms with Crippen molar-refractivity contribution in [3.05, 3.63) is 58.3 Å². The zero-order chi connectivity index (χ0) is 14.6. The highest BCUT2D eigenvalue weighted by Gasteiger charge is 2.33. The first-order chi connectivity index (χ1) is 9.46. The number of carbonyl (C=O) groups is 1. The van der Waals surface area contributed by atoms with Crippen LogP contribution in [0.25, 0.3) is 0 Å². The van der Waals surface area contributed by atoms with Gasteiger partial charge in [-0.2, -0.15) is 13.2 Å². The lowest BCUT2D eigenvalue weighted by molar-refractivity contribution is -0.141. The normalized spacial score (nSPS) is 11.3. The smallest absolute Gasteiger partial charge is 0.325 e. The molecule has 0 aliphatic heterocycles. The van der Waals surface area contributed by atoms with Crippen LogP contribution in [0.1, 0.15) is 15.2 Å². The fourth-order valence-corrected chi connectivity index (χ4v) is 2.47. The Kier molecular flexibility index (Phi) is 4.44. The van der Waals surface area contributed by atoms with Crippen LogP contribution in [-0.2, 0) is 6.54 Å². The van der Waals surface area contributed by atoms with Gasteiger partial charge in [-0.25, -0.2) is 0 Å². The molecule has 106 valence electrons. The number of amides is 1. The SMILES string of the molecule is O=C(c1cccs1)N(Cc1ccccc1)CC(F)(F)F. The maximum absolute atomic E-state index is 12.6. The van der Waals surface area contributed by atoms with E-state index in [-0.39, 0.29) is 6.54 Å². The van der Waals surface area contributed by atoms with Crippen molar-refractivity contribution < 1.29 is 18.0 Å². The number of benzene rings is 1. The molecule has 0 spiro atoms. The van der Waals surface area contributed by atoms with Crippen LogP contribution in [-0.4, -0.2) is 23.5 Å². The number of alkyl halides is 3. The van der Waals surface area contributed by atoms with E-state index in [4.69, 9.17) is 0 Å². The van der Waals surface area contributed by atoms with Crippen LogP contribution >= 0.6 is 11.3 Å². The van der Waals surface area contributed by atoms with Crippen molar-refractivity contribution >= 4 is 17.2 Å². The van der Waals surface area contributed by atoms with Crippen molar-refractivity contribution in [2.24, 2.45) is 0 Å². The molecule has 0 aliphatic carbocycles. The Morgan fingerprint density at radius 2 is 1.80 bits per heavy atom. The van der Waals surface area contributed by atoms with Gasteiger partial charge in [-0.05, 0) is 17.0 Å². The van der Waals surface area contributed by atoms with Gasteiger partial charge in [0.1, 0.15) is 6.54 Å². The minimum atomic E-state index is -4.41. The lowest BCUT2D eigenvalue weighted by Gasteiger charge is -2.23. The summed E-state index contributed by atoms with van der Waals surface area (Å²) in [5.41, 5.74) is 0.668. The van der Waals surface area contributed by atoms with Crippen molar-refractivity contribution in [3.63, 3.8) is 0 Å². The second kappa shape index (κ2) is 6.09. The van der Waals surface area contributed by atoms with Crippen LogP contribution in [0.15, 0.2) is 47.8 Å². The van der Waals surface area contributed by atoms with E-state index in [0.29, 0.717) is 10.4 Å². The predicted molar refractivity (Wildman–Crippen MR) is 71.6 cm³/mol. The van der Waals surface area contributed by atoms with E-state index in [1.165, 1.54) is 6.07 Å². The van der Waals surface area contributed by atoms with Gasteiger partial charge in [0.2, 0.25) is 0 Å². The highest BCUT2D eigenvalue weighted by molar-refractivity contribution is 7.12. The van der Waals surface area contributed by atoms with Crippen LogP contribution in [0.4, 0.5) is 13.2 Å². The highest BCUT2D eigenvalue weighted by Crippen LogP contribution is 2.21. The Labute approximate surface area is 118 Å². The molecule has 2 rings (SSSR count). The zero-order valence-corrected chi connectivity index (χ0v) is 11.2. The summed E-state index contributed by atoms with van der Waals surface area (Å²) in [7, 11) is 0. The molecule has 0 fully saturated rings. The summed E-state index contributed by atoms with van der Waals surface area (Å²) in [6, 6.07) is 11.8. The molecule has 1 amide bonds. The van der Waals surface area contributed by atoms with Crippen molar-refractivity contribution in [2.45, 2.75) is 12.7 Å². The van der Waals surface area contributed by atoms with E-state index in [0.717, 1.165) is 16.2 Å². The van der Waals surface area contributed by atoms with E-state index in [9.17, 15) is 18.0 Å². The molecule has 0 radical (unpaired) electrons. The molecular formula is C14H12F3NOS. The Hall–Kier alpha value is -1.82. The lowest BCUT2D eigenvalue weighted by atomic mass is 10.2. The van der Waals surface area contributed by atoms with Gasteiger partial charge >= 0.3 is 6.18 Å². The summed E-state index contributed by atoms with van der Waals surface area (Å²) >= 11 is 1.14. The van der Waals surface area contributed by atoms with Crippen molar-refractivity contribution in [3.8, 4) is 0 Å². The fourth-order valence-electron chi connectivity index (χ4n) is 1.78. The predicted octanol–water partition coefficient (Wildman–Crippen LogP) is 3.95. The van der Waals surface area contributed by atoms with Gasteiger partial charge in [-0.1, -0.05) is 36.4 Å². The fraction of sp³-hybridized carbons (Fsp3) is 0.214. The minimum Gasteiger partial charge on any atom is -0.325 e. The average molecular weight is 299 g/mol. The first kappa shape index (κ1) is 14.6. The highest BCUT2D eigenvalue weighted by atomic mass is 32.1. The number of thiophene rings is 1. The minimum absolute atomic E-state index is 0.0584. The molecule has 2 aromatic rings. The van der Waals surface area contributed by atoms with Gasteiger partial charge in [0.15, 0.2) is 0 Å². The molecule has 0 aliphatic rings. The Balaban J connectivity index is 2.19. The van der Waals surface area contributed by atoms with E-state index >= 15 is 0 Å². The second-order valence-electron chi connectivity index (χ2n) is 4.24. The third-order valence-electron chi connectivity index (χ3n) is 2.61. The molecule has 0 saturated carbocycles. The maximum atomic E-state index is 12.6. The molecular weight excluding hydrogens is 287 g/mol. The van der Waals surface area contributed by atoms with Crippen LogP contribution < -0.4 is 0 Å². The summed E-state index contributed by atoms with van der Waals surface area (Å²) in [4.78, 5) is 13.3. The van der Waals surface area contributed by atoms with Gasteiger partial charge in [-0.15, -0.1) is 11.3 Å². The molecule has 20 heavy (non-hydrogen) atoms. The van der Waals surface area contributed by atoms with Crippen LogP contribution in [0.3, 0.4) is 0 Å². The number of hydrogen-bond acceptors (Lipinski definition) is 2. The zero-order valence-electron chi connectivity index (χ0n) is 10.4. The molecule has 0 unspecified atom stereocenters. The quantitative estimate of drug-likeness (QED) is 0.837. The van der Waals surface area contributed by atoms with Crippen LogP contribution in [0, 0.1) is 0 Å². The summed E-state index contributed by atoms with van der Waals surface area (Å²) in [5, 5.41) is 1.67. The van der Waals surface area contributed by atoms with Crippen molar-refractivity contribution in [2.75, 3.05) is 6.54 Å². The van der Waals surface area contributed by atoms with Crippen molar-refractivity contribution in [1.82, 2.24) is 4.90 Å². The summed E-state index contributed by atoms with van der Waals surface area (Å²) < 4.78 is 37.9. The first-order valence-corrected chi connectivity index (χ1v) is 6.77. The number of carbonyl (C=O) groups excluding carboxylic acids is 1. The van der Waals surface area contributed by atoms with E-state index in [1.54, 1.807) is 41.8 Å². The summed E-state index contributed by atoms with van der Waals surface area (Å²) in [6.45, 7) is -1.31. The maximum Gasteiger partial charge on any atom is 0.406 e. The number of halogens is 3. The van der Waals surface area contributed by atoms with E-state index < -0.39 is 18.6 Å². The summed E-state index contributed by atoms with van der Waals surface area (Å²) in [5.74, 6) is -0.596. The van der Waals surface area contributed by atoms with E-state index in [2.05, 4.69) is 0 Å². The van der Waals surface area contributed by atoms with Gasteiger partial charge in [0, 0.05) is 6.54 Å². The Morgan fingerprint density at radius 3 is 2.35 bits per heavy atom.